The Morgan fingerprint density at radius 3 is 2.28 bits per heavy atom. The molecule has 0 radical (unpaired) electrons. The Morgan fingerprint density at radius 2 is 1.64 bits per heavy atom. The molecule has 2 fully saturated rings. The Kier molecular flexibility index (Phi) is 6.85. The smallest absolute Gasteiger partial charge is 0.243 e. The summed E-state index contributed by atoms with van der Waals surface area (Å²) in [5.41, 5.74) is 5.90. The van der Waals surface area contributed by atoms with Crippen LogP contribution in [0.1, 0.15) is 32.1 Å². The number of nitrogens with zero attached hydrogens (tertiary/aromatic N) is 2. The van der Waals surface area contributed by atoms with Crippen LogP contribution in [0.5, 0.6) is 0 Å². The van der Waals surface area contributed by atoms with Gasteiger partial charge in [-0.3, -0.25) is 4.79 Å². The lowest BCUT2D eigenvalue weighted by atomic mass is 10.0. The number of carbonyl (C=O) groups excluding carboxylic acids is 1. The molecule has 2 heterocycles. The maximum atomic E-state index is 13.0. The first-order valence-electron chi connectivity index (χ1n) is 8.61. The van der Waals surface area contributed by atoms with E-state index in [2.05, 4.69) is 0 Å². The molecule has 25 heavy (non-hydrogen) atoms. The monoisotopic (exact) mass is 387 g/mol. The van der Waals surface area contributed by atoms with Crippen molar-refractivity contribution in [3.05, 3.63) is 30.3 Å². The first-order chi connectivity index (χ1) is 11.5. The lowest BCUT2D eigenvalue weighted by Gasteiger charge is -2.38. The minimum absolute atomic E-state index is 0. The summed E-state index contributed by atoms with van der Waals surface area (Å²) in [6.45, 7) is 1.65. The van der Waals surface area contributed by atoms with E-state index in [0.717, 1.165) is 25.7 Å². The van der Waals surface area contributed by atoms with Gasteiger partial charge in [-0.05, 0) is 37.8 Å². The molecule has 1 amide bonds. The van der Waals surface area contributed by atoms with E-state index < -0.39 is 16.1 Å². The molecular formula is C17H26ClN3O3S. The zero-order chi connectivity index (χ0) is 17.2. The van der Waals surface area contributed by atoms with Crippen LogP contribution >= 0.6 is 12.4 Å². The van der Waals surface area contributed by atoms with Crippen LogP contribution in [0.4, 0.5) is 0 Å². The van der Waals surface area contributed by atoms with E-state index in [1.807, 2.05) is 0 Å². The van der Waals surface area contributed by atoms with Gasteiger partial charge in [-0.2, -0.15) is 4.31 Å². The van der Waals surface area contributed by atoms with Crippen molar-refractivity contribution in [2.75, 3.05) is 19.6 Å². The molecule has 2 N–H and O–H groups in total. The molecule has 2 saturated heterocycles. The number of piperidine rings is 2. The summed E-state index contributed by atoms with van der Waals surface area (Å²) in [5.74, 6) is -0.0684. The van der Waals surface area contributed by atoms with Crippen molar-refractivity contribution in [3.8, 4) is 0 Å². The number of hydrogen-bond donors (Lipinski definition) is 1. The Balaban J connectivity index is 0.00000225. The quantitative estimate of drug-likeness (QED) is 0.853. The highest BCUT2D eigenvalue weighted by Gasteiger charge is 2.39. The fourth-order valence-corrected chi connectivity index (χ4v) is 5.17. The minimum atomic E-state index is -3.64. The van der Waals surface area contributed by atoms with E-state index in [0.29, 0.717) is 26.1 Å². The summed E-state index contributed by atoms with van der Waals surface area (Å²) in [4.78, 5) is 15.0. The largest absolute Gasteiger partial charge is 0.341 e. The zero-order valence-corrected chi connectivity index (χ0v) is 15.8. The predicted octanol–water partition coefficient (Wildman–Crippen LogP) is 1.60. The van der Waals surface area contributed by atoms with Gasteiger partial charge in [-0.25, -0.2) is 8.42 Å². The third kappa shape index (κ3) is 4.34. The normalized spacial score (nSPS) is 23.1. The lowest BCUT2D eigenvalue weighted by Crippen LogP contribution is -2.55. The molecule has 6 nitrogen and oxygen atoms in total. The SMILES string of the molecule is Cl.NC1CCN(C(=O)C2CCCCN2S(=O)(=O)c2ccccc2)CC1. The first kappa shape index (κ1) is 20.2. The molecule has 2 aliphatic heterocycles. The van der Waals surface area contributed by atoms with E-state index in [4.69, 9.17) is 5.73 Å². The minimum Gasteiger partial charge on any atom is -0.341 e. The van der Waals surface area contributed by atoms with Gasteiger partial charge in [-0.15, -0.1) is 12.4 Å². The maximum absolute atomic E-state index is 13.0. The summed E-state index contributed by atoms with van der Waals surface area (Å²) < 4.78 is 27.3. The number of sulfonamides is 1. The van der Waals surface area contributed by atoms with E-state index in [9.17, 15) is 13.2 Å². The molecular weight excluding hydrogens is 362 g/mol. The third-order valence-corrected chi connectivity index (χ3v) is 6.86. The van der Waals surface area contributed by atoms with Crippen molar-refractivity contribution >= 4 is 28.3 Å². The number of likely N-dealkylation sites (tertiary alicyclic amines) is 1. The van der Waals surface area contributed by atoms with Crippen molar-refractivity contribution in [2.45, 2.75) is 49.1 Å². The molecule has 1 aromatic carbocycles. The Morgan fingerprint density at radius 1 is 1.00 bits per heavy atom. The summed E-state index contributed by atoms with van der Waals surface area (Å²) in [6, 6.07) is 7.94. The molecule has 140 valence electrons. The molecule has 0 bridgehead atoms. The van der Waals surface area contributed by atoms with Gasteiger partial charge in [0.05, 0.1) is 4.90 Å². The predicted molar refractivity (Wildman–Crippen MR) is 99.0 cm³/mol. The molecule has 1 unspecified atom stereocenters. The summed E-state index contributed by atoms with van der Waals surface area (Å²) >= 11 is 0. The lowest BCUT2D eigenvalue weighted by molar-refractivity contribution is -0.137. The molecule has 0 aromatic heterocycles. The first-order valence-corrected chi connectivity index (χ1v) is 10.1. The van der Waals surface area contributed by atoms with Crippen LogP contribution in [0.2, 0.25) is 0 Å². The molecule has 0 spiro atoms. The topological polar surface area (TPSA) is 83.7 Å². The average Bonchev–Trinajstić information content (AvgIpc) is 2.62. The number of carbonyl (C=O) groups is 1. The van der Waals surface area contributed by atoms with E-state index in [1.165, 1.54) is 4.31 Å². The van der Waals surface area contributed by atoms with Gasteiger partial charge in [0.1, 0.15) is 6.04 Å². The van der Waals surface area contributed by atoms with Crippen molar-refractivity contribution in [1.82, 2.24) is 9.21 Å². The Bertz CT molecular complexity index is 676. The average molecular weight is 388 g/mol. The molecule has 8 heteroatoms. The Labute approximate surface area is 155 Å². The van der Waals surface area contributed by atoms with Crippen molar-refractivity contribution in [1.29, 1.82) is 0 Å². The second-order valence-corrected chi connectivity index (χ2v) is 8.49. The van der Waals surface area contributed by atoms with Gasteiger partial charge in [0.15, 0.2) is 0 Å². The summed E-state index contributed by atoms with van der Waals surface area (Å²) in [6.07, 6.45) is 3.83. The van der Waals surface area contributed by atoms with Gasteiger partial charge in [-0.1, -0.05) is 24.6 Å². The van der Waals surface area contributed by atoms with Gasteiger partial charge < -0.3 is 10.6 Å². The van der Waals surface area contributed by atoms with E-state index >= 15 is 0 Å². The van der Waals surface area contributed by atoms with Crippen molar-refractivity contribution < 1.29 is 13.2 Å². The van der Waals surface area contributed by atoms with Gasteiger partial charge >= 0.3 is 0 Å². The number of amides is 1. The highest BCUT2D eigenvalue weighted by molar-refractivity contribution is 7.89. The second kappa shape index (κ2) is 8.49. The molecule has 0 aliphatic carbocycles. The molecule has 1 atom stereocenters. The summed E-state index contributed by atoms with van der Waals surface area (Å²) in [7, 11) is -3.64. The van der Waals surface area contributed by atoms with Gasteiger partial charge in [0.2, 0.25) is 15.9 Å². The molecule has 1 aromatic rings. The molecule has 0 saturated carbocycles. The fraction of sp³-hybridized carbons (Fsp3) is 0.588. The highest BCUT2D eigenvalue weighted by atomic mass is 35.5. The van der Waals surface area contributed by atoms with Crippen LogP contribution in [0.3, 0.4) is 0 Å². The van der Waals surface area contributed by atoms with Crippen molar-refractivity contribution in [2.24, 2.45) is 5.73 Å². The van der Waals surface area contributed by atoms with E-state index in [-0.39, 0.29) is 29.3 Å². The van der Waals surface area contributed by atoms with Crippen LogP contribution in [-0.2, 0) is 14.8 Å². The standard InChI is InChI=1S/C17H25N3O3S.ClH/c18-14-9-12-19(13-10-14)17(21)16-8-4-5-11-20(16)24(22,23)15-6-2-1-3-7-15;/h1-3,6-7,14,16H,4-5,8-13,18H2;1H. The Hall–Kier alpha value is -1.15. The van der Waals surface area contributed by atoms with Gasteiger partial charge in [0.25, 0.3) is 0 Å². The van der Waals surface area contributed by atoms with Crippen LogP contribution in [0, 0.1) is 0 Å². The van der Waals surface area contributed by atoms with E-state index in [1.54, 1.807) is 35.2 Å². The third-order valence-electron chi connectivity index (χ3n) is 4.94. The van der Waals surface area contributed by atoms with Gasteiger partial charge in [0, 0.05) is 25.7 Å². The fourth-order valence-electron chi connectivity index (χ4n) is 3.50. The highest BCUT2D eigenvalue weighted by Crippen LogP contribution is 2.27. The number of rotatable bonds is 3. The maximum Gasteiger partial charge on any atom is 0.243 e. The number of benzene rings is 1. The molecule has 2 aliphatic rings. The van der Waals surface area contributed by atoms with Crippen molar-refractivity contribution in [3.63, 3.8) is 0 Å². The summed E-state index contributed by atoms with van der Waals surface area (Å²) in [5, 5.41) is 0. The zero-order valence-electron chi connectivity index (χ0n) is 14.2. The van der Waals surface area contributed by atoms with Crippen LogP contribution in [-0.4, -0.2) is 55.2 Å². The second-order valence-electron chi connectivity index (χ2n) is 6.60. The van der Waals surface area contributed by atoms with Crippen LogP contribution < -0.4 is 5.73 Å². The van der Waals surface area contributed by atoms with Crippen LogP contribution in [0.15, 0.2) is 35.2 Å². The van der Waals surface area contributed by atoms with Crippen LogP contribution in [0.25, 0.3) is 0 Å². The molecule has 3 rings (SSSR count). The number of nitrogens with two attached hydrogens (primary N) is 1. The number of hydrogen-bond acceptors (Lipinski definition) is 4. The number of halogens is 1.